The van der Waals surface area contributed by atoms with E-state index >= 15 is 0 Å². The number of nitrogens with two attached hydrogens (primary N) is 1. The van der Waals surface area contributed by atoms with Gasteiger partial charge in [-0.05, 0) is 18.4 Å². The molecule has 5 nitrogen and oxygen atoms in total. The van der Waals surface area contributed by atoms with E-state index in [4.69, 9.17) is 5.73 Å². The number of amides is 1. The number of anilines is 1. The predicted molar refractivity (Wildman–Crippen MR) is 64.3 cm³/mol. The van der Waals surface area contributed by atoms with Crippen molar-refractivity contribution in [1.82, 2.24) is 9.88 Å². The highest BCUT2D eigenvalue weighted by Gasteiger charge is 2.28. The molecule has 0 bridgehead atoms. The van der Waals surface area contributed by atoms with Crippen LogP contribution < -0.4 is 5.73 Å². The van der Waals surface area contributed by atoms with E-state index in [0.717, 1.165) is 12.3 Å². The summed E-state index contributed by atoms with van der Waals surface area (Å²) in [5, 5.41) is 9.61. The molecule has 1 aliphatic rings. The minimum absolute atomic E-state index is 0.00504. The molecule has 6 heteroatoms. The van der Waals surface area contributed by atoms with Gasteiger partial charge >= 0.3 is 0 Å². The van der Waals surface area contributed by atoms with E-state index in [9.17, 15) is 14.3 Å². The highest BCUT2D eigenvalue weighted by Crippen LogP contribution is 2.20. The average molecular weight is 253 g/mol. The third kappa shape index (κ3) is 2.43. The molecule has 1 aromatic rings. The lowest BCUT2D eigenvalue weighted by Gasteiger charge is -2.34. The number of hydrogen-bond donors (Lipinski definition) is 2. The summed E-state index contributed by atoms with van der Waals surface area (Å²) < 4.78 is 13.1. The lowest BCUT2D eigenvalue weighted by Crippen LogP contribution is -2.45. The zero-order chi connectivity index (χ0) is 13.3. The topological polar surface area (TPSA) is 79.5 Å². The van der Waals surface area contributed by atoms with Crippen molar-refractivity contribution < 1.29 is 14.3 Å². The van der Waals surface area contributed by atoms with Crippen LogP contribution in [0.2, 0.25) is 0 Å². The highest BCUT2D eigenvalue weighted by molar-refractivity contribution is 5.98. The van der Waals surface area contributed by atoms with Crippen LogP contribution in [0, 0.1) is 11.7 Å². The molecule has 1 fully saturated rings. The van der Waals surface area contributed by atoms with Gasteiger partial charge in [0.2, 0.25) is 0 Å². The van der Waals surface area contributed by atoms with Crippen LogP contribution in [0.25, 0.3) is 0 Å². The summed E-state index contributed by atoms with van der Waals surface area (Å²) in [4.78, 5) is 17.4. The van der Waals surface area contributed by atoms with Gasteiger partial charge in [-0.15, -0.1) is 0 Å². The number of hydrogen-bond acceptors (Lipinski definition) is 4. The predicted octanol–water partition coefficient (Wildman–Crippen LogP) is 0.646. The summed E-state index contributed by atoms with van der Waals surface area (Å²) in [7, 11) is 0. The molecule has 0 saturated carbocycles. The van der Waals surface area contributed by atoms with Crippen LogP contribution in [0.15, 0.2) is 12.3 Å². The fourth-order valence-electron chi connectivity index (χ4n) is 2.11. The fraction of sp³-hybridized carbons (Fsp3) is 0.500. The van der Waals surface area contributed by atoms with Crippen molar-refractivity contribution in [1.29, 1.82) is 0 Å². The van der Waals surface area contributed by atoms with E-state index in [2.05, 4.69) is 4.98 Å². The molecular formula is C12H16FN3O2. The molecule has 1 aliphatic heterocycles. The van der Waals surface area contributed by atoms with Crippen molar-refractivity contribution in [3.8, 4) is 0 Å². The van der Waals surface area contributed by atoms with Crippen LogP contribution in [0.4, 0.5) is 10.2 Å². The lowest BCUT2D eigenvalue weighted by molar-refractivity contribution is 0.0298. The number of carbonyl (C=O) groups excluding carboxylic acids is 1. The quantitative estimate of drug-likeness (QED) is 0.770. The zero-order valence-electron chi connectivity index (χ0n) is 10.1. The number of piperidine rings is 1. The summed E-state index contributed by atoms with van der Waals surface area (Å²) in [6.07, 6.45) is 1.11. The summed E-state index contributed by atoms with van der Waals surface area (Å²) in [5.74, 6) is -0.887. The second-order valence-electron chi connectivity index (χ2n) is 4.67. The standard InChI is InChI=1S/C12H16FN3O2/c1-7-6-16(3-2-10(7)17)12(18)9-4-8(13)5-15-11(9)14/h4-5,7,10,17H,2-3,6H2,1H3,(H2,14,15). The van der Waals surface area contributed by atoms with Crippen LogP contribution in [-0.2, 0) is 0 Å². The van der Waals surface area contributed by atoms with Gasteiger partial charge in [-0.3, -0.25) is 4.79 Å². The second-order valence-corrected chi connectivity index (χ2v) is 4.67. The first kappa shape index (κ1) is 12.8. The number of nitrogen functional groups attached to an aromatic ring is 1. The molecule has 0 radical (unpaired) electrons. The summed E-state index contributed by atoms with van der Waals surface area (Å²) in [6, 6.07) is 1.10. The maximum atomic E-state index is 13.1. The Morgan fingerprint density at radius 2 is 2.39 bits per heavy atom. The molecule has 2 unspecified atom stereocenters. The molecule has 2 rings (SSSR count). The number of aliphatic hydroxyl groups is 1. The smallest absolute Gasteiger partial charge is 0.257 e. The molecule has 1 saturated heterocycles. The Labute approximate surface area is 104 Å². The van der Waals surface area contributed by atoms with Gasteiger partial charge in [0.05, 0.1) is 17.9 Å². The van der Waals surface area contributed by atoms with Gasteiger partial charge in [-0.25, -0.2) is 9.37 Å². The minimum atomic E-state index is -0.586. The monoisotopic (exact) mass is 253 g/mol. The Morgan fingerprint density at radius 1 is 1.67 bits per heavy atom. The van der Waals surface area contributed by atoms with Crippen LogP contribution in [0.1, 0.15) is 23.7 Å². The van der Waals surface area contributed by atoms with E-state index in [1.54, 1.807) is 4.90 Å². The third-order valence-electron chi connectivity index (χ3n) is 3.26. The molecule has 0 aliphatic carbocycles. The summed E-state index contributed by atoms with van der Waals surface area (Å²) >= 11 is 0. The van der Waals surface area contributed by atoms with Gasteiger partial charge in [0.25, 0.3) is 5.91 Å². The molecule has 1 aromatic heterocycles. The molecule has 18 heavy (non-hydrogen) atoms. The van der Waals surface area contributed by atoms with E-state index in [0.29, 0.717) is 19.5 Å². The van der Waals surface area contributed by atoms with Gasteiger partial charge in [0.15, 0.2) is 0 Å². The molecule has 0 aromatic carbocycles. The number of nitrogens with zero attached hydrogens (tertiary/aromatic N) is 2. The Morgan fingerprint density at radius 3 is 3.06 bits per heavy atom. The molecule has 98 valence electrons. The first-order valence-corrected chi connectivity index (χ1v) is 5.87. The summed E-state index contributed by atoms with van der Waals surface area (Å²) in [5.41, 5.74) is 5.67. The van der Waals surface area contributed by atoms with Crippen LogP contribution in [0.3, 0.4) is 0 Å². The van der Waals surface area contributed by atoms with Gasteiger partial charge in [-0.1, -0.05) is 6.92 Å². The van der Waals surface area contributed by atoms with E-state index in [1.807, 2.05) is 6.92 Å². The highest BCUT2D eigenvalue weighted by atomic mass is 19.1. The number of halogens is 1. The maximum absolute atomic E-state index is 13.1. The number of aromatic nitrogens is 1. The van der Waals surface area contributed by atoms with Gasteiger partial charge in [0.1, 0.15) is 11.6 Å². The molecular weight excluding hydrogens is 237 g/mol. The molecule has 2 atom stereocenters. The third-order valence-corrected chi connectivity index (χ3v) is 3.26. The largest absolute Gasteiger partial charge is 0.393 e. The molecule has 0 spiro atoms. The number of likely N-dealkylation sites (tertiary alicyclic amines) is 1. The first-order valence-electron chi connectivity index (χ1n) is 5.87. The van der Waals surface area contributed by atoms with Gasteiger partial charge in [-0.2, -0.15) is 0 Å². The average Bonchev–Trinajstić information content (AvgIpc) is 2.35. The molecule has 2 heterocycles. The van der Waals surface area contributed by atoms with E-state index < -0.39 is 11.9 Å². The Hall–Kier alpha value is -1.69. The van der Waals surface area contributed by atoms with E-state index in [1.165, 1.54) is 0 Å². The lowest BCUT2D eigenvalue weighted by atomic mass is 9.96. The SMILES string of the molecule is CC1CN(C(=O)c2cc(F)cnc2N)CCC1O. The van der Waals surface area contributed by atoms with Crippen LogP contribution in [-0.4, -0.2) is 40.1 Å². The Balaban J connectivity index is 2.19. The zero-order valence-corrected chi connectivity index (χ0v) is 10.1. The summed E-state index contributed by atoms with van der Waals surface area (Å²) in [6.45, 7) is 2.76. The van der Waals surface area contributed by atoms with Crippen LogP contribution in [0.5, 0.6) is 0 Å². The van der Waals surface area contributed by atoms with Crippen molar-refractivity contribution in [2.75, 3.05) is 18.8 Å². The van der Waals surface area contributed by atoms with Crippen molar-refractivity contribution in [2.45, 2.75) is 19.4 Å². The van der Waals surface area contributed by atoms with Crippen molar-refractivity contribution in [3.63, 3.8) is 0 Å². The molecule has 3 N–H and O–H groups in total. The van der Waals surface area contributed by atoms with Gasteiger partial charge in [0, 0.05) is 13.1 Å². The fourth-order valence-corrected chi connectivity index (χ4v) is 2.11. The first-order chi connectivity index (χ1) is 8.49. The van der Waals surface area contributed by atoms with Gasteiger partial charge < -0.3 is 15.7 Å². The Kier molecular flexibility index (Phi) is 3.47. The number of rotatable bonds is 1. The molecule has 1 amide bonds. The Bertz CT molecular complexity index is 467. The van der Waals surface area contributed by atoms with Crippen molar-refractivity contribution >= 4 is 11.7 Å². The number of pyridine rings is 1. The second kappa shape index (κ2) is 4.89. The number of aliphatic hydroxyl groups excluding tert-OH is 1. The normalized spacial score (nSPS) is 24.1. The van der Waals surface area contributed by atoms with Crippen molar-refractivity contribution in [2.24, 2.45) is 5.92 Å². The van der Waals surface area contributed by atoms with Crippen molar-refractivity contribution in [3.05, 3.63) is 23.6 Å². The van der Waals surface area contributed by atoms with E-state index in [-0.39, 0.29) is 23.2 Å². The van der Waals surface area contributed by atoms with Crippen LogP contribution >= 0.6 is 0 Å². The number of carbonyl (C=O) groups is 1. The minimum Gasteiger partial charge on any atom is -0.393 e. The maximum Gasteiger partial charge on any atom is 0.257 e.